The fourth-order valence-corrected chi connectivity index (χ4v) is 5.66. The molecule has 2 atom stereocenters. The van der Waals surface area contributed by atoms with Crippen LogP contribution < -0.4 is 5.32 Å². The Morgan fingerprint density at radius 3 is 2.18 bits per heavy atom. The largest absolute Gasteiger partial charge is 0.416 e. The maximum atomic E-state index is 13.7. The number of nitrogens with zero attached hydrogens (tertiary/aromatic N) is 5. The van der Waals surface area contributed by atoms with Crippen LogP contribution in [0.5, 0.6) is 0 Å². The number of pyridine rings is 1. The van der Waals surface area contributed by atoms with E-state index in [0.29, 0.717) is 22.5 Å². The van der Waals surface area contributed by atoms with Crippen LogP contribution in [0.3, 0.4) is 0 Å². The lowest BCUT2D eigenvalue weighted by Crippen LogP contribution is -2.55. The molecule has 0 saturated carbocycles. The molecule has 2 aliphatic rings. The minimum atomic E-state index is -4.55. The Hall–Kier alpha value is -4.72. The van der Waals surface area contributed by atoms with Crippen molar-refractivity contribution in [2.24, 2.45) is 0 Å². The molecule has 1 fully saturated rings. The molecule has 14 heteroatoms. The van der Waals surface area contributed by atoms with Crippen molar-refractivity contribution in [1.82, 2.24) is 24.6 Å². The van der Waals surface area contributed by atoms with Gasteiger partial charge < -0.3 is 10.2 Å². The second kappa shape index (κ2) is 10.8. The third-order valence-corrected chi connectivity index (χ3v) is 7.81. The number of carbonyl (C=O) groups is 2. The normalized spacial score (nSPS) is 19.2. The van der Waals surface area contributed by atoms with E-state index >= 15 is 0 Å². The molecular formula is C30H24F6N6O2. The summed E-state index contributed by atoms with van der Waals surface area (Å²) in [6.45, 7) is 2.53. The summed E-state index contributed by atoms with van der Waals surface area (Å²) in [5, 5.41) is 7.02. The highest BCUT2D eigenvalue weighted by Crippen LogP contribution is 2.40. The van der Waals surface area contributed by atoms with Crippen LogP contribution in [-0.4, -0.2) is 62.1 Å². The lowest BCUT2D eigenvalue weighted by Gasteiger charge is -2.41. The fraction of sp³-hybridized carbons (Fsp3) is 0.267. The first-order valence-corrected chi connectivity index (χ1v) is 13.6. The van der Waals surface area contributed by atoms with Gasteiger partial charge in [0.05, 0.1) is 22.5 Å². The van der Waals surface area contributed by atoms with Gasteiger partial charge in [-0.05, 0) is 61.5 Å². The molecule has 0 spiro atoms. The van der Waals surface area contributed by atoms with Crippen molar-refractivity contribution < 1.29 is 35.9 Å². The number of anilines is 1. The summed E-state index contributed by atoms with van der Waals surface area (Å²) < 4.78 is 80.4. The van der Waals surface area contributed by atoms with Gasteiger partial charge in [-0.3, -0.25) is 19.5 Å². The molecule has 1 N–H and O–H groups in total. The highest BCUT2D eigenvalue weighted by Gasteiger charge is 2.41. The van der Waals surface area contributed by atoms with Crippen molar-refractivity contribution in [3.63, 3.8) is 0 Å². The van der Waals surface area contributed by atoms with Crippen LogP contribution in [-0.2, 0) is 17.1 Å². The molecule has 2 aromatic heterocycles. The SMILES string of the molecule is C[C@@H]1CN(C2C(=O)Nc3cc(C(F)(F)F)ccc32)CCN1C(=O)c1cc(-c2ccncc2)n(-c2ccc(C(F)(F)F)cc2)n1. The number of piperazine rings is 1. The number of hydrogen-bond acceptors (Lipinski definition) is 5. The van der Waals surface area contributed by atoms with Crippen LogP contribution in [0.2, 0.25) is 0 Å². The van der Waals surface area contributed by atoms with Crippen LogP contribution in [0.15, 0.2) is 73.1 Å². The minimum absolute atomic E-state index is 0.0700. The van der Waals surface area contributed by atoms with E-state index in [2.05, 4.69) is 15.4 Å². The van der Waals surface area contributed by atoms with E-state index in [4.69, 9.17) is 0 Å². The van der Waals surface area contributed by atoms with E-state index in [1.165, 1.54) is 22.9 Å². The van der Waals surface area contributed by atoms with Gasteiger partial charge in [-0.1, -0.05) is 6.07 Å². The van der Waals surface area contributed by atoms with Gasteiger partial charge in [-0.2, -0.15) is 31.4 Å². The molecule has 228 valence electrons. The molecule has 4 heterocycles. The Morgan fingerprint density at radius 2 is 1.55 bits per heavy atom. The molecule has 6 rings (SSSR count). The quantitative estimate of drug-likeness (QED) is 0.294. The summed E-state index contributed by atoms with van der Waals surface area (Å²) in [7, 11) is 0. The maximum absolute atomic E-state index is 13.7. The lowest BCUT2D eigenvalue weighted by molar-refractivity contribution is -0.138. The third kappa shape index (κ3) is 5.41. The standard InChI is InChI=1S/C30H24F6N6O2/c1-17-16-40(26-22-7-4-20(30(34,35)36)14-23(22)38-27(26)43)12-13-41(17)28(44)24-15-25(18-8-10-37-11-9-18)42(39-24)21-5-2-19(3-6-21)29(31,32)33/h2-11,14-15,17,26H,12-13,16H2,1H3,(H,38,43)/t17-,26?/m1/s1. The Morgan fingerprint density at radius 1 is 0.886 bits per heavy atom. The van der Waals surface area contributed by atoms with E-state index < -0.39 is 47.4 Å². The molecule has 0 aliphatic carbocycles. The number of aromatic nitrogens is 3. The van der Waals surface area contributed by atoms with Gasteiger partial charge in [-0.25, -0.2) is 4.68 Å². The number of carbonyl (C=O) groups excluding carboxylic acids is 2. The van der Waals surface area contributed by atoms with Gasteiger partial charge in [0, 0.05) is 54.9 Å². The topological polar surface area (TPSA) is 83.4 Å². The summed E-state index contributed by atoms with van der Waals surface area (Å²) in [6, 6.07) is 11.3. The molecular weight excluding hydrogens is 590 g/mol. The van der Waals surface area contributed by atoms with Crippen LogP contribution in [0.1, 0.15) is 40.1 Å². The van der Waals surface area contributed by atoms with Crippen LogP contribution in [0.25, 0.3) is 16.9 Å². The highest BCUT2D eigenvalue weighted by molar-refractivity contribution is 6.02. The van der Waals surface area contributed by atoms with Gasteiger partial charge in [0.2, 0.25) is 5.91 Å². The molecule has 0 radical (unpaired) electrons. The maximum Gasteiger partial charge on any atom is 0.416 e. The Bertz CT molecular complexity index is 1720. The van der Waals surface area contributed by atoms with Crippen LogP contribution >= 0.6 is 0 Å². The molecule has 2 amide bonds. The molecule has 4 aromatic rings. The Labute approximate surface area is 246 Å². The third-order valence-electron chi connectivity index (χ3n) is 7.81. The number of benzene rings is 2. The molecule has 0 bridgehead atoms. The molecule has 44 heavy (non-hydrogen) atoms. The number of alkyl halides is 6. The van der Waals surface area contributed by atoms with Gasteiger partial charge in [0.25, 0.3) is 5.91 Å². The number of rotatable bonds is 4. The van der Waals surface area contributed by atoms with E-state index in [9.17, 15) is 35.9 Å². The molecule has 1 saturated heterocycles. The summed E-state index contributed by atoms with van der Waals surface area (Å²) >= 11 is 0. The van der Waals surface area contributed by atoms with Gasteiger partial charge in [0.1, 0.15) is 6.04 Å². The first-order valence-electron chi connectivity index (χ1n) is 13.6. The van der Waals surface area contributed by atoms with E-state index in [0.717, 1.165) is 24.3 Å². The number of amides is 2. The van der Waals surface area contributed by atoms with Gasteiger partial charge in [-0.15, -0.1) is 0 Å². The zero-order valence-electron chi connectivity index (χ0n) is 23.0. The lowest BCUT2D eigenvalue weighted by atomic mass is 10.0. The average molecular weight is 615 g/mol. The predicted molar refractivity (Wildman–Crippen MR) is 147 cm³/mol. The minimum Gasteiger partial charge on any atom is -0.332 e. The van der Waals surface area contributed by atoms with E-state index in [-0.39, 0.29) is 31.0 Å². The highest BCUT2D eigenvalue weighted by atomic mass is 19.4. The van der Waals surface area contributed by atoms with Gasteiger partial charge in [0.15, 0.2) is 5.69 Å². The summed E-state index contributed by atoms with van der Waals surface area (Å²) in [5.41, 5.74) is 0.375. The van der Waals surface area contributed by atoms with E-state index in [1.54, 1.807) is 42.4 Å². The second-order valence-corrected chi connectivity index (χ2v) is 10.6. The zero-order valence-corrected chi connectivity index (χ0v) is 23.0. The molecule has 2 aromatic carbocycles. The Balaban J connectivity index is 1.25. The summed E-state index contributed by atoms with van der Waals surface area (Å²) in [5.74, 6) is -0.854. The van der Waals surface area contributed by atoms with Gasteiger partial charge >= 0.3 is 12.4 Å². The van der Waals surface area contributed by atoms with Crippen molar-refractivity contribution in [2.45, 2.75) is 31.4 Å². The molecule has 2 aliphatic heterocycles. The summed E-state index contributed by atoms with van der Waals surface area (Å²) in [4.78, 5) is 34.0. The monoisotopic (exact) mass is 614 g/mol. The number of hydrogen-bond donors (Lipinski definition) is 1. The average Bonchev–Trinajstić information content (AvgIpc) is 3.57. The second-order valence-electron chi connectivity index (χ2n) is 10.6. The van der Waals surface area contributed by atoms with Crippen molar-refractivity contribution in [1.29, 1.82) is 0 Å². The molecule has 1 unspecified atom stereocenters. The zero-order chi connectivity index (χ0) is 31.4. The number of fused-ring (bicyclic) bond motifs is 1. The number of halogens is 6. The van der Waals surface area contributed by atoms with Crippen molar-refractivity contribution in [3.8, 4) is 16.9 Å². The number of nitrogens with one attached hydrogen (secondary N) is 1. The molecule has 8 nitrogen and oxygen atoms in total. The van der Waals surface area contributed by atoms with Crippen molar-refractivity contribution in [2.75, 3.05) is 25.0 Å². The van der Waals surface area contributed by atoms with Crippen LogP contribution in [0.4, 0.5) is 32.0 Å². The fourth-order valence-electron chi connectivity index (χ4n) is 5.66. The van der Waals surface area contributed by atoms with Crippen LogP contribution in [0, 0.1) is 0 Å². The first-order chi connectivity index (χ1) is 20.8. The van der Waals surface area contributed by atoms with Crippen molar-refractivity contribution >= 4 is 17.5 Å². The Kier molecular flexibility index (Phi) is 7.19. The van der Waals surface area contributed by atoms with Crippen molar-refractivity contribution in [3.05, 3.63) is 95.4 Å². The smallest absolute Gasteiger partial charge is 0.332 e. The first kappa shape index (κ1) is 29.4. The predicted octanol–water partition coefficient (Wildman–Crippen LogP) is 5.81. The van der Waals surface area contributed by atoms with E-state index in [1.807, 2.05) is 4.90 Å². The summed E-state index contributed by atoms with van der Waals surface area (Å²) in [6.07, 6.45) is -5.97.